The number of thiophene rings is 3. The molecule has 83 heavy (non-hydrogen) atoms. The van der Waals surface area contributed by atoms with Gasteiger partial charge in [0.05, 0.1) is 22.5 Å². The molecular formula is C76H112N2O2S3. The highest BCUT2D eigenvalue weighted by molar-refractivity contribution is 7.27. The van der Waals surface area contributed by atoms with Crippen LogP contribution in [-0.4, -0.2) is 24.9 Å². The molecular weight excluding hydrogens is 1070 g/mol. The van der Waals surface area contributed by atoms with Gasteiger partial charge >= 0.3 is 0 Å². The predicted molar refractivity (Wildman–Crippen MR) is 369 cm³/mol. The molecule has 0 bridgehead atoms. The van der Waals surface area contributed by atoms with Gasteiger partial charge in [0.25, 0.3) is 11.8 Å². The number of nitrogens with zero attached hydrogens (tertiary/aromatic N) is 2. The van der Waals surface area contributed by atoms with E-state index < -0.39 is 0 Å². The molecule has 5 heterocycles. The zero-order valence-corrected chi connectivity index (χ0v) is 56.1. The number of carbonyl (C=O) groups is 2. The predicted octanol–water partition coefficient (Wildman–Crippen LogP) is 24.7. The van der Waals surface area contributed by atoms with E-state index >= 15 is 9.59 Å². The normalized spacial score (nSPS) is 15.7. The first-order chi connectivity index (χ1) is 40.7. The molecule has 3 aromatic heterocycles. The molecule has 0 saturated carbocycles. The standard InChI is InChI=1S/C76H112N2O2S3/c1-9-17-23-27-29-33-41-59(39-31-25-19-11-3)55-77-66-44-36-35-43-64(66)71(75(77)79)72-65-46-45-61(53-67(65)78(76(72)80)56-60(40-32-26-20-12-4)42-34-30-28-24-18-10-2)70-54-63(52-58(16-8)38-22-14-6)74(83-70)69-48-47-68(82-69)73-62(49-50-81-73)51-57(15-7)37-21-13-5/h35-36,43-50,53-54,57-60H,9-34,37-42,51-52,55-56H2,1-8H3/b72-71+. The Morgan fingerprint density at radius 3 is 1.36 bits per heavy atom. The third-order valence-corrected chi connectivity index (χ3v) is 22.6. The summed E-state index contributed by atoms with van der Waals surface area (Å²) in [6, 6.07) is 25.1. The van der Waals surface area contributed by atoms with E-state index in [0.29, 0.717) is 42.0 Å². The van der Waals surface area contributed by atoms with Crippen LogP contribution in [0.25, 0.3) is 41.1 Å². The molecule has 5 aromatic rings. The number of amides is 2. The highest BCUT2D eigenvalue weighted by Crippen LogP contribution is 2.51. The van der Waals surface area contributed by atoms with Crippen molar-refractivity contribution in [1.29, 1.82) is 0 Å². The second-order valence-corrected chi connectivity index (χ2v) is 28.6. The third kappa shape index (κ3) is 18.9. The molecule has 456 valence electrons. The fourth-order valence-corrected chi connectivity index (χ4v) is 17.1. The van der Waals surface area contributed by atoms with Crippen LogP contribution in [0.1, 0.15) is 283 Å². The van der Waals surface area contributed by atoms with Crippen LogP contribution in [0, 0.1) is 23.7 Å². The van der Waals surface area contributed by atoms with Crippen LogP contribution in [0.4, 0.5) is 11.4 Å². The topological polar surface area (TPSA) is 40.6 Å². The second-order valence-electron chi connectivity index (χ2n) is 25.5. The number of hydrogen-bond acceptors (Lipinski definition) is 5. The number of hydrogen-bond donors (Lipinski definition) is 0. The molecule has 4 atom stereocenters. The number of benzene rings is 2. The summed E-state index contributed by atoms with van der Waals surface area (Å²) in [7, 11) is 0. The van der Waals surface area contributed by atoms with Gasteiger partial charge in [0, 0.05) is 48.6 Å². The Morgan fingerprint density at radius 1 is 0.386 bits per heavy atom. The van der Waals surface area contributed by atoms with Crippen molar-refractivity contribution in [2.24, 2.45) is 23.7 Å². The van der Waals surface area contributed by atoms with E-state index in [-0.39, 0.29) is 11.8 Å². The van der Waals surface area contributed by atoms with Crippen LogP contribution in [-0.2, 0) is 22.4 Å². The Hall–Kier alpha value is -3.78. The van der Waals surface area contributed by atoms with Gasteiger partial charge in [-0.25, -0.2) is 0 Å². The van der Waals surface area contributed by atoms with Crippen molar-refractivity contribution < 1.29 is 9.59 Å². The van der Waals surface area contributed by atoms with Crippen LogP contribution in [0.5, 0.6) is 0 Å². The Morgan fingerprint density at radius 2 is 0.831 bits per heavy atom. The average molecular weight is 1180 g/mol. The molecule has 2 aliphatic heterocycles. The molecule has 0 saturated heterocycles. The maximum absolute atomic E-state index is 15.9. The van der Waals surface area contributed by atoms with Gasteiger partial charge in [-0.05, 0) is 121 Å². The summed E-state index contributed by atoms with van der Waals surface area (Å²) in [4.78, 5) is 42.7. The summed E-state index contributed by atoms with van der Waals surface area (Å²) in [5.41, 5.74) is 9.25. The molecule has 0 radical (unpaired) electrons. The van der Waals surface area contributed by atoms with Crippen molar-refractivity contribution in [3.63, 3.8) is 0 Å². The zero-order valence-electron chi connectivity index (χ0n) is 53.6. The lowest BCUT2D eigenvalue weighted by atomic mass is 9.91. The summed E-state index contributed by atoms with van der Waals surface area (Å²) >= 11 is 5.86. The van der Waals surface area contributed by atoms with Gasteiger partial charge in [-0.2, -0.15) is 0 Å². The lowest BCUT2D eigenvalue weighted by Crippen LogP contribution is -2.34. The minimum atomic E-state index is 0.0175. The first kappa shape index (κ1) is 66.7. The Balaban J connectivity index is 1.30. The van der Waals surface area contributed by atoms with Crippen molar-refractivity contribution in [3.8, 4) is 29.9 Å². The monoisotopic (exact) mass is 1180 g/mol. The SMILES string of the molecule is CCCCCCCCC(CCCCCC)CN1C(=O)/C(=C2/C(=O)N(CC(CCCCCC)CCCCCCCC)c3cc(-c4cc(CC(CC)CCCC)c(-c5ccc(-c6sccc6CC(CC)CCCC)s5)s4)ccc32)c2ccccc21. The van der Waals surface area contributed by atoms with Gasteiger partial charge in [-0.1, -0.05) is 266 Å². The zero-order chi connectivity index (χ0) is 58.8. The van der Waals surface area contributed by atoms with E-state index in [1.165, 1.54) is 227 Å². The summed E-state index contributed by atoms with van der Waals surface area (Å²) in [6.07, 6.45) is 42.1. The van der Waals surface area contributed by atoms with Crippen LogP contribution in [0.2, 0.25) is 0 Å². The molecule has 0 aliphatic carbocycles. The number of rotatable bonds is 43. The van der Waals surface area contributed by atoms with E-state index in [4.69, 9.17) is 0 Å². The number of carbonyl (C=O) groups excluding carboxylic acids is 2. The van der Waals surface area contributed by atoms with Crippen molar-refractivity contribution >= 4 is 68.3 Å². The molecule has 2 amide bonds. The van der Waals surface area contributed by atoms with Crippen LogP contribution in [0.3, 0.4) is 0 Å². The summed E-state index contributed by atoms with van der Waals surface area (Å²) in [5, 5.41) is 2.32. The van der Waals surface area contributed by atoms with E-state index in [0.717, 1.165) is 60.5 Å². The summed E-state index contributed by atoms with van der Waals surface area (Å²) in [5.74, 6) is 2.24. The highest BCUT2D eigenvalue weighted by atomic mass is 32.1. The number of unbranched alkanes of at least 4 members (excludes halogenated alkanes) is 18. The van der Waals surface area contributed by atoms with Crippen molar-refractivity contribution in [3.05, 3.63) is 94.4 Å². The summed E-state index contributed by atoms with van der Waals surface area (Å²) < 4.78 is 0. The van der Waals surface area contributed by atoms with Gasteiger partial charge in [0.1, 0.15) is 0 Å². The Labute approximate surface area is 519 Å². The molecule has 7 rings (SSSR count). The van der Waals surface area contributed by atoms with Crippen LogP contribution < -0.4 is 9.80 Å². The average Bonchev–Trinajstić information content (AvgIpc) is 4.46. The molecule has 0 fully saturated rings. The maximum Gasteiger partial charge on any atom is 0.259 e. The molecule has 2 aromatic carbocycles. The lowest BCUT2D eigenvalue weighted by molar-refractivity contribution is -0.114. The first-order valence-corrected chi connectivity index (χ1v) is 37.1. The van der Waals surface area contributed by atoms with Crippen molar-refractivity contribution in [2.45, 2.75) is 274 Å². The second kappa shape index (κ2) is 36.4. The van der Waals surface area contributed by atoms with E-state index in [1.54, 1.807) is 0 Å². The first-order valence-electron chi connectivity index (χ1n) is 34.6. The molecule has 4 unspecified atom stereocenters. The highest BCUT2D eigenvalue weighted by Gasteiger charge is 2.43. The largest absolute Gasteiger partial charge is 0.307 e. The van der Waals surface area contributed by atoms with E-state index in [9.17, 15) is 0 Å². The quantitative estimate of drug-likeness (QED) is 0.0288. The van der Waals surface area contributed by atoms with Gasteiger partial charge in [0.2, 0.25) is 0 Å². The fraction of sp³-hybridized carbons (Fsp3) is 0.632. The van der Waals surface area contributed by atoms with E-state index in [2.05, 4.69) is 137 Å². The fourth-order valence-electron chi connectivity index (χ4n) is 13.7. The molecule has 0 spiro atoms. The number of anilines is 2. The lowest BCUT2D eigenvalue weighted by Gasteiger charge is -2.25. The van der Waals surface area contributed by atoms with Gasteiger partial charge in [-0.3, -0.25) is 9.59 Å². The van der Waals surface area contributed by atoms with Crippen molar-refractivity contribution in [2.75, 3.05) is 22.9 Å². The molecule has 4 nitrogen and oxygen atoms in total. The van der Waals surface area contributed by atoms with Crippen LogP contribution in [0.15, 0.2) is 72.1 Å². The minimum Gasteiger partial charge on any atom is -0.307 e. The summed E-state index contributed by atoms with van der Waals surface area (Å²) in [6.45, 7) is 20.0. The van der Waals surface area contributed by atoms with Crippen molar-refractivity contribution in [1.82, 2.24) is 0 Å². The smallest absolute Gasteiger partial charge is 0.259 e. The van der Waals surface area contributed by atoms with Gasteiger partial charge in [0.15, 0.2) is 0 Å². The van der Waals surface area contributed by atoms with Crippen LogP contribution >= 0.6 is 34.0 Å². The third-order valence-electron chi connectivity index (χ3n) is 18.9. The Kier molecular flexibility index (Phi) is 29.3. The number of para-hydroxylation sites is 1. The van der Waals surface area contributed by atoms with E-state index in [1.807, 2.05) is 34.0 Å². The molecule has 2 aliphatic rings. The van der Waals surface area contributed by atoms with Gasteiger partial charge < -0.3 is 9.80 Å². The maximum atomic E-state index is 15.9. The molecule has 7 heteroatoms. The minimum absolute atomic E-state index is 0.0175. The van der Waals surface area contributed by atoms with Gasteiger partial charge in [-0.15, -0.1) is 34.0 Å². The number of fused-ring (bicyclic) bond motifs is 2. The molecule has 0 N–H and O–H groups in total. The Bertz CT molecular complexity index is 2720.